The largest absolute Gasteiger partial charge is 0.360 e. The van der Waals surface area contributed by atoms with Gasteiger partial charge in [-0.05, 0) is 6.42 Å². The highest BCUT2D eigenvalue weighted by Gasteiger charge is 2.21. The minimum absolute atomic E-state index is 0.0618. The zero-order valence-electron chi connectivity index (χ0n) is 9.26. The van der Waals surface area contributed by atoms with Gasteiger partial charge in [0, 0.05) is 17.9 Å². The SMILES string of the molecule is CCCC(=O)c1cc(C(C)(C)C)on1. The van der Waals surface area contributed by atoms with E-state index in [1.54, 1.807) is 6.07 Å². The van der Waals surface area contributed by atoms with E-state index in [4.69, 9.17) is 4.52 Å². The van der Waals surface area contributed by atoms with Gasteiger partial charge in [-0.1, -0.05) is 32.9 Å². The average Bonchev–Trinajstić information content (AvgIpc) is 2.51. The molecule has 14 heavy (non-hydrogen) atoms. The van der Waals surface area contributed by atoms with E-state index >= 15 is 0 Å². The number of hydrogen-bond donors (Lipinski definition) is 0. The van der Waals surface area contributed by atoms with Crippen LogP contribution in [-0.2, 0) is 5.41 Å². The van der Waals surface area contributed by atoms with Gasteiger partial charge >= 0.3 is 0 Å². The van der Waals surface area contributed by atoms with Crippen LogP contribution in [0.3, 0.4) is 0 Å². The van der Waals surface area contributed by atoms with Gasteiger partial charge in [-0.3, -0.25) is 4.79 Å². The lowest BCUT2D eigenvalue weighted by molar-refractivity contribution is 0.0972. The molecule has 3 nitrogen and oxygen atoms in total. The van der Waals surface area contributed by atoms with Crippen molar-refractivity contribution in [3.05, 3.63) is 17.5 Å². The summed E-state index contributed by atoms with van der Waals surface area (Å²) in [5, 5.41) is 3.78. The lowest BCUT2D eigenvalue weighted by Crippen LogP contribution is -2.09. The Morgan fingerprint density at radius 2 is 2.14 bits per heavy atom. The maximum absolute atomic E-state index is 11.5. The smallest absolute Gasteiger partial charge is 0.184 e. The van der Waals surface area contributed by atoms with E-state index in [0.717, 1.165) is 12.2 Å². The second-order valence-corrected chi connectivity index (χ2v) is 4.50. The van der Waals surface area contributed by atoms with E-state index in [-0.39, 0.29) is 11.2 Å². The number of carbonyl (C=O) groups is 1. The highest BCUT2D eigenvalue weighted by Crippen LogP contribution is 2.23. The Morgan fingerprint density at radius 3 is 2.57 bits per heavy atom. The van der Waals surface area contributed by atoms with E-state index in [0.29, 0.717) is 12.1 Å². The van der Waals surface area contributed by atoms with Crippen LogP contribution in [0.5, 0.6) is 0 Å². The Labute approximate surface area is 84.5 Å². The van der Waals surface area contributed by atoms with Crippen LogP contribution in [0, 0.1) is 0 Å². The lowest BCUT2D eigenvalue weighted by atomic mass is 9.93. The molecule has 0 N–H and O–H groups in total. The first-order chi connectivity index (χ1) is 6.45. The van der Waals surface area contributed by atoms with Crippen LogP contribution in [0.4, 0.5) is 0 Å². The molecule has 0 aliphatic rings. The molecule has 3 heteroatoms. The lowest BCUT2D eigenvalue weighted by Gasteiger charge is -2.11. The van der Waals surface area contributed by atoms with Gasteiger partial charge in [0.15, 0.2) is 5.78 Å². The predicted molar refractivity (Wildman–Crippen MR) is 54.4 cm³/mol. The van der Waals surface area contributed by atoms with E-state index in [1.807, 2.05) is 27.7 Å². The molecule has 0 saturated carbocycles. The number of ketones is 1. The van der Waals surface area contributed by atoms with Crippen LogP contribution >= 0.6 is 0 Å². The molecule has 0 aliphatic carbocycles. The third-order valence-electron chi connectivity index (χ3n) is 2.01. The number of hydrogen-bond acceptors (Lipinski definition) is 3. The normalized spacial score (nSPS) is 11.7. The highest BCUT2D eigenvalue weighted by atomic mass is 16.5. The van der Waals surface area contributed by atoms with Crippen molar-refractivity contribution in [2.75, 3.05) is 0 Å². The Hall–Kier alpha value is -1.12. The first kappa shape index (κ1) is 11.0. The summed E-state index contributed by atoms with van der Waals surface area (Å²) in [4.78, 5) is 11.5. The molecule has 1 rings (SSSR count). The molecule has 0 aliphatic heterocycles. The molecule has 0 radical (unpaired) electrons. The minimum Gasteiger partial charge on any atom is -0.360 e. The van der Waals surface area contributed by atoms with E-state index in [2.05, 4.69) is 5.16 Å². The summed E-state index contributed by atoms with van der Waals surface area (Å²) >= 11 is 0. The van der Waals surface area contributed by atoms with Crippen molar-refractivity contribution in [1.82, 2.24) is 5.16 Å². The quantitative estimate of drug-likeness (QED) is 0.696. The standard InChI is InChI=1S/C11H17NO2/c1-5-6-9(13)8-7-10(14-12-8)11(2,3)4/h7H,5-6H2,1-4H3. The minimum atomic E-state index is -0.0856. The summed E-state index contributed by atoms with van der Waals surface area (Å²) in [6.07, 6.45) is 1.38. The van der Waals surface area contributed by atoms with Crippen molar-refractivity contribution >= 4 is 5.78 Å². The molecule has 0 aromatic carbocycles. The predicted octanol–water partition coefficient (Wildman–Crippen LogP) is 2.95. The van der Waals surface area contributed by atoms with Gasteiger partial charge in [-0.15, -0.1) is 0 Å². The molecule has 1 aromatic heterocycles. The molecule has 0 spiro atoms. The number of rotatable bonds is 3. The van der Waals surface area contributed by atoms with Crippen molar-refractivity contribution in [3.63, 3.8) is 0 Å². The summed E-state index contributed by atoms with van der Waals surface area (Å²) in [6, 6.07) is 1.75. The third kappa shape index (κ3) is 2.44. The topological polar surface area (TPSA) is 43.1 Å². The monoisotopic (exact) mass is 195 g/mol. The summed E-state index contributed by atoms with van der Waals surface area (Å²) in [6.45, 7) is 8.06. The third-order valence-corrected chi connectivity index (χ3v) is 2.01. The second kappa shape index (κ2) is 3.95. The van der Waals surface area contributed by atoms with Crippen LogP contribution in [0.15, 0.2) is 10.6 Å². The molecule has 0 bridgehead atoms. The molecule has 0 fully saturated rings. The maximum Gasteiger partial charge on any atom is 0.184 e. The zero-order valence-corrected chi connectivity index (χ0v) is 9.26. The van der Waals surface area contributed by atoms with Crippen molar-refractivity contribution in [1.29, 1.82) is 0 Å². The fourth-order valence-corrected chi connectivity index (χ4v) is 1.12. The Bertz CT molecular complexity index is 320. The zero-order chi connectivity index (χ0) is 10.8. The van der Waals surface area contributed by atoms with Crippen molar-refractivity contribution < 1.29 is 9.32 Å². The summed E-state index contributed by atoms with van der Waals surface area (Å²) in [5.74, 6) is 0.823. The van der Waals surface area contributed by atoms with E-state index in [1.165, 1.54) is 0 Å². The fourth-order valence-electron chi connectivity index (χ4n) is 1.12. The summed E-state index contributed by atoms with van der Waals surface area (Å²) in [5.41, 5.74) is 0.370. The van der Waals surface area contributed by atoms with E-state index < -0.39 is 0 Å². The van der Waals surface area contributed by atoms with Crippen molar-refractivity contribution in [2.45, 2.75) is 46.0 Å². The Kier molecular flexibility index (Phi) is 3.09. The second-order valence-electron chi connectivity index (χ2n) is 4.50. The van der Waals surface area contributed by atoms with Crippen LogP contribution in [0.1, 0.15) is 56.8 Å². The van der Waals surface area contributed by atoms with Gasteiger partial charge in [0.05, 0.1) is 0 Å². The molecule has 0 saturated heterocycles. The molecule has 0 amide bonds. The van der Waals surface area contributed by atoms with Gasteiger partial charge in [0.1, 0.15) is 11.5 Å². The average molecular weight is 195 g/mol. The number of carbonyl (C=O) groups excluding carboxylic acids is 1. The summed E-state index contributed by atoms with van der Waals surface area (Å²) in [7, 11) is 0. The number of aromatic nitrogens is 1. The number of nitrogens with zero attached hydrogens (tertiary/aromatic N) is 1. The Balaban J connectivity index is 2.83. The van der Waals surface area contributed by atoms with Gasteiger partial charge < -0.3 is 4.52 Å². The van der Waals surface area contributed by atoms with Crippen LogP contribution in [0.25, 0.3) is 0 Å². The fraction of sp³-hybridized carbons (Fsp3) is 0.636. The molecule has 0 atom stereocenters. The maximum atomic E-state index is 11.5. The van der Waals surface area contributed by atoms with Gasteiger partial charge in [-0.25, -0.2) is 0 Å². The first-order valence-corrected chi connectivity index (χ1v) is 4.95. The first-order valence-electron chi connectivity index (χ1n) is 4.95. The summed E-state index contributed by atoms with van der Waals surface area (Å²) < 4.78 is 5.13. The van der Waals surface area contributed by atoms with Crippen molar-refractivity contribution in [2.24, 2.45) is 0 Å². The molecule has 78 valence electrons. The van der Waals surface area contributed by atoms with Crippen LogP contribution in [0.2, 0.25) is 0 Å². The molecular weight excluding hydrogens is 178 g/mol. The van der Waals surface area contributed by atoms with E-state index in [9.17, 15) is 4.79 Å². The molecule has 1 aromatic rings. The number of Topliss-reactive ketones (excluding diaryl/α,β-unsaturated/α-hetero) is 1. The van der Waals surface area contributed by atoms with Gasteiger partial charge in [-0.2, -0.15) is 0 Å². The van der Waals surface area contributed by atoms with Crippen LogP contribution < -0.4 is 0 Å². The van der Waals surface area contributed by atoms with Gasteiger partial charge in [0.25, 0.3) is 0 Å². The molecular formula is C11H17NO2. The van der Waals surface area contributed by atoms with Crippen LogP contribution in [-0.4, -0.2) is 10.9 Å². The molecule has 0 unspecified atom stereocenters. The highest BCUT2D eigenvalue weighted by molar-refractivity contribution is 5.94. The molecule has 1 heterocycles. The van der Waals surface area contributed by atoms with Crippen molar-refractivity contribution in [3.8, 4) is 0 Å². The Morgan fingerprint density at radius 1 is 1.50 bits per heavy atom. The van der Waals surface area contributed by atoms with Gasteiger partial charge in [0.2, 0.25) is 0 Å².